The Labute approximate surface area is 186 Å². The smallest absolute Gasteiger partial charge is 0.213 e. The third-order valence-electron chi connectivity index (χ3n) is 4.84. The van der Waals surface area contributed by atoms with Crippen LogP contribution in [0.4, 0.5) is 0 Å². The molecule has 0 radical (unpaired) electrons. The van der Waals surface area contributed by atoms with E-state index in [1.165, 1.54) is 25.9 Å². The molecular weight excluding hydrogens is 469 g/mol. The number of likely N-dealkylation sites (tertiary alicyclic amines) is 1. The first kappa shape index (κ1) is 24.9. The number of pyridine rings is 1. The highest BCUT2D eigenvalue weighted by molar-refractivity contribution is 14.0. The second kappa shape index (κ2) is 14.8. The molecule has 1 aromatic heterocycles. The van der Waals surface area contributed by atoms with Gasteiger partial charge in [-0.2, -0.15) is 0 Å². The molecule has 0 spiro atoms. The highest BCUT2D eigenvalue weighted by atomic mass is 127. The highest BCUT2D eigenvalue weighted by Crippen LogP contribution is 2.15. The molecule has 1 fully saturated rings. The average molecular weight is 505 g/mol. The molecule has 160 valence electrons. The first-order valence-corrected chi connectivity index (χ1v) is 9.94. The number of nitrogens with one attached hydrogen (secondary N) is 2. The molecule has 0 saturated carbocycles. The first-order valence-electron chi connectivity index (χ1n) is 9.94. The molecule has 1 saturated heterocycles. The van der Waals surface area contributed by atoms with Crippen LogP contribution < -0.4 is 15.4 Å². The summed E-state index contributed by atoms with van der Waals surface area (Å²) in [5.74, 6) is 2.33. The molecule has 2 heterocycles. The van der Waals surface area contributed by atoms with Crippen LogP contribution in [0.25, 0.3) is 0 Å². The van der Waals surface area contributed by atoms with Crippen molar-refractivity contribution < 1.29 is 9.47 Å². The summed E-state index contributed by atoms with van der Waals surface area (Å²) in [6, 6.07) is 3.88. The average Bonchev–Trinajstić information content (AvgIpc) is 2.70. The maximum absolute atomic E-state index is 5.47. The number of ether oxygens (including phenoxy) is 2. The SMILES string of the molecule is CN=C(NCCCN1CCC(C)CC1)NCc1ccc(OCCOC)nc1.I. The predicted molar refractivity (Wildman–Crippen MR) is 125 cm³/mol. The molecule has 1 aliphatic heterocycles. The Bertz CT molecular complexity index is 548. The minimum Gasteiger partial charge on any atom is -0.475 e. The van der Waals surface area contributed by atoms with Crippen molar-refractivity contribution in [3.63, 3.8) is 0 Å². The van der Waals surface area contributed by atoms with E-state index in [4.69, 9.17) is 9.47 Å². The van der Waals surface area contributed by atoms with E-state index in [1.807, 2.05) is 18.3 Å². The quantitative estimate of drug-likeness (QED) is 0.221. The van der Waals surface area contributed by atoms with Crippen molar-refractivity contribution in [2.45, 2.75) is 32.7 Å². The van der Waals surface area contributed by atoms with Crippen LogP contribution in [-0.2, 0) is 11.3 Å². The van der Waals surface area contributed by atoms with Gasteiger partial charge in [-0.05, 0) is 50.4 Å². The monoisotopic (exact) mass is 505 g/mol. The molecule has 7 nitrogen and oxygen atoms in total. The number of aromatic nitrogens is 1. The Morgan fingerprint density at radius 1 is 1.25 bits per heavy atom. The Hall–Kier alpha value is -1.13. The van der Waals surface area contributed by atoms with Crippen LogP contribution in [-0.4, -0.2) is 69.4 Å². The minimum absolute atomic E-state index is 0. The van der Waals surface area contributed by atoms with Gasteiger partial charge >= 0.3 is 0 Å². The lowest BCUT2D eigenvalue weighted by atomic mass is 9.99. The lowest BCUT2D eigenvalue weighted by Gasteiger charge is -2.30. The van der Waals surface area contributed by atoms with Crippen molar-refractivity contribution in [2.75, 3.05) is 53.6 Å². The normalized spacial score (nSPS) is 15.8. The highest BCUT2D eigenvalue weighted by Gasteiger charge is 2.14. The van der Waals surface area contributed by atoms with Crippen LogP contribution in [0.5, 0.6) is 5.88 Å². The molecule has 8 heteroatoms. The summed E-state index contributed by atoms with van der Waals surface area (Å²) in [5, 5.41) is 6.71. The molecule has 2 rings (SSSR count). The summed E-state index contributed by atoms with van der Waals surface area (Å²) in [4.78, 5) is 11.2. The summed E-state index contributed by atoms with van der Waals surface area (Å²) in [6.07, 6.45) is 5.62. The Kier molecular flexibility index (Phi) is 13.2. The van der Waals surface area contributed by atoms with Crippen LogP contribution in [0.1, 0.15) is 31.7 Å². The largest absolute Gasteiger partial charge is 0.475 e. The fourth-order valence-electron chi connectivity index (χ4n) is 3.03. The zero-order valence-electron chi connectivity index (χ0n) is 17.4. The number of piperidine rings is 1. The van der Waals surface area contributed by atoms with E-state index < -0.39 is 0 Å². The third kappa shape index (κ3) is 9.88. The molecule has 0 unspecified atom stereocenters. The number of nitrogens with zero attached hydrogens (tertiary/aromatic N) is 3. The lowest BCUT2D eigenvalue weighted by Crippen LogP contribution is -2.39. The summed E-state index contributed by atoms with van der Waals surface area (Å²) in [7, 11) is 3.45. The van der Waals surface area contributed by atoms with E-state index in [0.717, 1.165) is 37.0 Å². The van der Waals surface area contributed by atoms with Gasteiger partial charge in [-0.1, -0.05) is 13.0 Å². The van der Waals surface area contributed by atoms with Crippen LogP contribution >= 0.6 is 24.0 Å². The summed E-state index contributed by atoms with van der Waals surface area (Å²) < 4.78 is 10.4. The van der Waals surface area contributed by atoms with E-state index in [1.54, 1.807) is 14.2 Å². The molecule has 0 aliphatic carbocycles. The molecule has 28 heavy (non-hydrogen) atoms. The Morgan fingerprint density at radius 2 is 2.04 bits per heavy atom. The summed E-state index contributed by atoms with van der Waals surface area (Å²) in [6.45, 7) is 8.67. The fourth-order valence-corrected chi connectivity index (χ4v) is 3.03. The molecule has 0 bridgehead atoms. The van der Waals surface area contributed by atoms with Crippen molar-refractivity contribution in [2.24, 2.45) is 10.9 Å². The maximum Gasteiger partial charge on any atom is 0.213 e. The second-order valence-corrected chi connectivity index (χ2v) is 7.08. The molecule has 0 amide bonds. The van der Waals surface area contributed by atoms with Crippen molar-refractivity contribution in [3.8, 4) is 5.88 Å². The van der Waals surface area contributed by atoms with Crippen molar-refractivity contribution in [1.82, 2.24) is 20.5 Å². The number of aliphatic imine (C=N–C) groups is 1. The molecular formula is C20H36IN5O2. The van der Waals surface area contributed by atoms with Crippen LogP contribution in [0.3, 0.4) is 0 Å². The van der Waals surface area contributed by atoms with Crippen LogP contribution in [0.2, 0.25) is 0 Å². The van der Waals surface area contributed by atoms with Crippen LogP contribution in [0, 0.1) is 5.92 Å². The van der Waals surface area contributed by atoms with Crippen molar-refractivity contribution >= 4 is 29.9 Å². The van der Waals surface area contributed by atoms with Gasteiger partial charge in [0.25, 0.3) is 0 Å². The molecule has 1 aromatic rings. The van der Waals surface area contributed by atoms with Gasteiger partial charge in [0.1, 0.15) is 6.61 Å². The van der Waals surface area contributed by atoms with Crippen molar-refractivity contribution in [3.05, 3.63) is 23.9 Å². The van der Waals surface area contributed by atoms with E-state index >= 15 is 0 Å². The van der Waals surface area contributed by atoms with Gasteiger partial charge in [0, 0.05) is 39.5 Å². The number of hydrogen-bond acceptors (Lipinski definition) is 5. The predicted octanol–water partition coefficient (Wildman–Crippen LogP) is 2.51. The minimum atomic E-state index is 0. The first-order chi connectivity index (χ1) is 13.2. The summed E-state index contributed by atoms with van der Waals surface area (Å²) >= 11 is 0. The Morgan fingerprint density at radius 3 is 2.68 bits per heavy atom. The number of hydrogen-bond donors (Lipinski definition) is 2. The zero-order chi connectivity index (χ0) is 19.3. The third-order valence-corrected chi connectivity index (χ3v) is 4.84. The van der Waals surface area contributed by atoms with Gasteiger partial charge in [0.2, 0.25) is 5.88 Å². The van der Waals surface area contributed by atoms with E-state index in [-0.39, 0.29) is 24.0 Å². The second-order valence-electron chi connectivity index (χ2n) is 7.08. The molecule has 0 atom stereocenters. The van der Waals surface area contributed by atoms with Gasteiger partial charge in [-0.3, -0.25) is 4.99 Å². The van der Waals surface area contributed by atoms with Crippen molar-refractivity contribution in [1.29, 1.82) is 0 Å². The Balaban J connectivity index is 0.00000392. The number of rotatable bonds is 10. The van der Waals surface area contributed by atoms with Crippen LogP contribution in [0.15, 0.2) is 23.3 Å². The van der Waals surface area contributed by atoms with Gasteiger partial charge in [-0.15, -0.1) is 24.0 Å². The topological polar surface area (TPSA) is 71.0 Å². The fraction of sp³-hybridized carbons (Fsp3) is 0.700. The van der Waals surface area contributed by atoms with Gasteiger partial charge in [-0.25, -0.2) is 4.98 Å². The number of halogens is 1. The van der Waals surface area contributed by atoms with Gasteiger partial charge in [0.05, 0.1) is 6.61 Å². The number of methoxy groups -OCH3 is 1. The maximum atomic E-state index is 5.47. The molecule has 2 N–H and O–H groups in total. The molecule has 0 aromatic carbocycles. The summed E-state index contributed by atoms with van der Waals surface area (Å²) in [5.41, 5.74) is 1.08. The van der Waals surface area contributed by atoms with E-state index in [9.17, 15) is 0 Å². The number of guanidine groups is 1. The molecule has 1 aliphatic rings. The van der Waals surface area contributed by atoms with E-state index in [0.29, 0.717) is 25.6 Å². The lowest BCUT2D eigenvalue weighted by molar-refractivity contribution is 0.143. The standard InChI is InChI=1S/C20H35N5O2.HI/c1-17-7-11-25(12-8-17)10-4-9-22-20(21-2)24-16-18-5-6-19(23-15-18)27-14-13-26-3;/h5-6,15,17H,4,7-14,16H2,1-3H3,(H2,21,22,24);1H. The van der Waals surface area contributed by atoms with E-state index in [2.05, 4.69) is 32.4 Å². The van der Waals surface area contributed by atoms with Gasteiger partial charge in [0.15, 0.2) is 5.96 Å². The van der Waals surface area contributed by atoms with Gasteiger partial charge < -0.3 is 25.0 Å². The zero-order valence-corrected chi connectivity index (χ0v) is 19.8.